The molecule has 0 bridgehead atoms. The predicted molar refractivity (Wildman–Crippen MR) is 87.7 cm³/mol. The third-order valence-electron chi connectivity index (χ3n) is 4.08. The van der Waals surface area contributed by atoms with Crippen molar-refractivity contribution in [3.8, 4) is 6.07 Å². The monoisotopic (exact) mass is 353 g/mol. The van der Waals surface area contributed by atoms with E-state index in [0.29, 0.717) is 19.6 Å². The number of furan rings is 1. The molecule has 1 atom stereocenters. The van der Waals surface area contributed by atoms with E-state index >= 15 is 0 Å². The topological polar surface area (TPSA) is 94.6 Å². The second-order valence-corrected chi connectivity index (χ2v) is 7.83. The summed E-state index contributed by atoms with van der Waals surface area (Å²) >= 11 is 0. The Kier molecular flexibility index (Phi) is 6.02. The molecule has 0 aromatic carbocycles. The Balaban J connectivity index is 2.17. The van der Waals surface area contributed by atoms with Crippen LogP contribution in [0.3, 0.4) is 0 Å². The first-order valence-electron chi connectivity index (χ1n) is 8.19. The smallest absolute Gasteiger partial charge is 0.289 e. The second kappa shape index (κ2) is 7.81. The van der Waals surface area contributed by atoms with Gasteiger partial charge in [-0.1, -0.05) is 6.42 Å². The van der Waals surface area contributed by atoms with Crippen LogP contribution in [0.15, 0.2) is 21.6 Å². The first-order chi connectivity index (χ1) is 11.4. The van der Waals surface area contributed by atoms with Crippen molar-refractivity contribution in [2.24, 2.45) is 5.92 Å². The Morgan fingerprint density at radius 2 is 2.04 bits per heavy atom. The fraction of sp³-hybridized carbons (Fsp3) is 0.625. The van der Waals surface area contributed by atoms with Crippen LogP contribution in [0.2, 0.25) is 0 Å². The van der Waals surface area contributed by atoms with Crippen LogP contribution in [0.4, 0.5) is 0 Å². The SMILES string of the molecule is CCN(CC(C)C#N)C(=O)c1ccc(S(=O)(=O)N2CCCCC2)o1. The number of carbonyl (C=O) groups excluding carboxylic acids is 1. The zero-order valence-corrected chi connectivity index (χ0v) is 14.9. The van der Waals surface area contributed by atoms with E-state index in [0.717, 1.165) is 19.3 Å². The van der Waals surface area contributed by atoms with E-state index in [4.69, 9.17) is 9.68 Å². The highest BCUT2D eigenvalue weighted by atomic mass is 32.2. The molecule has 2 heterocycles. The normalized spacial score (nSPS) is 17.2. The molecule has 1 aromatic heterocycles. The first kappa shape index (κ1) is 18.5. The summed E-state index contributed by atoms with van der Waals surface area (Å²) in [6.07, 6.45) is 2.69. The van der Waals surface area contributed by atoms with E-state index in [9.17, 15) is 13.2 Å². The van der Waals surface area contributed by atoms with Gasteiger partial charge in [0, 0.05) is 26.2 Å². The van der Waals surface area contributed by atoms with Gasteiger partial charge in [-0.15, -0.1) is 0 Å². The number of sulfonamides is 1. The third kappa shape index (κ3) is 3.97. The molecule has 0 saturated carbocycles. The van der Waals surface area contributed by atoms with Crippen LogP contribution in [0.5, 0.6) is 0 Å². The Hall–Kier alpha value is -1.85. The van der Waals surface area contributed by atoms with Crippen LogP contribution in [-0.4, -0.2) is 49.7 Å². The number of hydrogen-bond acceptors (Lipinski definition) is 5. The molecule has 8 heteroatoms. The fourth-order valence-electron chi connectivity index (χ4n) is 2.69. The average Bonchev–Trinajstić information content (AvgIpc) is 3.10. The average molecular weight is 353 g/mol. The zero-order chi connectivity index (χ0) is 17.7. The van der Waals surface area contributed by atoms with E-state index in [1.807, 2.05) is 0 Å². The summed E-state index contributed by atoms with van der Waals surface area (Å²) in [5, 5.41) is 8.69. The lowest BCUT2D eigenvalue weighted by Crippen LogP contribution is -2.35. The van der Waals surface area contributed by atoms with Crippen molar-refractivity contribution in [1.29, 1.82) is 5.26 Å². The molecule has 1 fully saturated rings. The van der Waals surface area contributed by atoms with Gasteiger partial charge in [-0.25, -0.2) is 8.42 Å². The van der Waals surface area contributed by atoms with E-state index < -0.39 is 15.9 Å². The van der Waals surface area contributed by atoms with Gasteiger partial charge < -0.3 is 9.32 Å². The summed E-state index contributed by atoms with van der Waals surface area (Å²) in [5.41, 5.74) is 0. The maximum absolute atomic E-state index is 12.6. The minimum absolute atomic E-state index is 0.0161. The van der Waals surface area contributed by atoms with Crippen molar-refractivity contribution in [1.82, 2.24) is 9.21 Å². The van der Waals surface area contributed by atoms with Crippen molar-refractivity contribution < 1.29 is 17.6 Å². The van der Waals surface area contributed by atoms with Gasteiger partial charge in [-0.3, -0.25) is 4.79 Å². The van der Waals surface area contributed by atoms with Gasteiger partial charge in [-0.2, -0.15) is 9.57 Å². The third-order valence-corrected chi connectivity index (χ3v) is 5.86. The van der Waals surface area contributed by atoms with Crippen LogP contribution in [0.25, 0.3) is 0 Å². The minimum atomic E-state index is -3.69. The van der Waals surface area contributed by atoms with E-state index in [1.54, 1.807) is 13.8 Å². The lowest BCUT2D eigenvalue weighted by molar-refractivity contribution is 0.0714. The molecule has 1 saturated heterocycles. The number of hydrogen-bond donors (Lipinski definition) is 0. The summed E-state index contributed by atoms with van der Waals surface area (Å²) in [6.45, 7) is 5.18. The molecular formula is C16H23N3O4S. The number of amides is 1. The Labute approximate surface area is 142 Å². The van der Waals surface area contributed by atoms with Crippen LogP contribution in [0, 0.1) is 17.2 Å². The summed E-state index contributed by atoms with van der Waals surface area (Å²) in [6, 6.07) is 4.80. The molecule has 7 nitrogen and oxygen atoms in total. The van der Waals surface area contributed by atoms with Crippen molar-refractivity contribution >= 4 is 15.9 Å². The molecule has 1 aromatic rings. The summed E-state index contributed by atoms with van der Waals surface area (Å²) in [4.78, 5) is 13.9. The lowest BCUT2D eigenvalue weighted by atomic mass is 10.2. The number of nitrogens with zero attached hydrogens (tertiary/aromatic N) is 3. The molecule has 0 aliphatic carbocycles. The fourth-order valence-corrected chi connectivity index (χ4v) is 4.12. The van der Waals surface area contributed by atoms with Crippen LogP contribution >= 0.6 is 0 Å². The van der Waals surface area contributed by atoms with E-state index in [2.05, 4.69) is 6.07 Å². The number of piperidine rings is 1. The van der Waals surface area contributed by atoms with Crippen molar-refractivity contribution in [2.75, 3.05) is 26.2 Å². The molecular weight excluding hydrogens is 330 g/mol. The Morgan fingerprint density at radius 1 is 1.38 bits per heavy atom. The van der Waals surface area contributed by atoms with Crippen LogP contribution < -0.4 is 0 Å². The second-order valence-electron chi connectivity index (χ2n) is 5.96. The molecule has 1 unspecified atom stereocenters. The number of rotatable bonds is 6. The van der Waals surface area contributed by atoms with Gasteiger partial charge in [0.15, 0.2) is 5.76 Å². The molecule has 1 aliphatic rings. The Morgan fingerprint density at radius 3 is 2.62 bits per heavy atom. The van der Waals surface area contributed by atoms with Crippen molar-refractivity contribution in [2.45, 2.75) is 38.2 Å². The van der Waals surface area contributed by atoms with Gasteiger partial charge in [0.25, 0.3) is 15.9 Å². The Bertz CT molecular complexity index is 714. The summed E-state index contributed by atoms with van der Waals surface area (Å²) in [7, 11) is -3.69. The maximum Gasteiger partial charge on any atom is 0.289 e. The molecule has 1 aliphatic heterocycles. The number of nitriles is 1. The van der Waals surface area contributed by atoms with Crippen LogP contribution in [0.1, 0.15) is 43.7 Å². The van der Waals surface area contributed by atoms with E-state index in [1.165, 1.54) is 21.3 Å². The zero-order valence-electron chi connectivity index (χ0n) is 14.1. The molecule has 24 heavy (non-hydrogen) atoms. The summed E-state index contributed by atoms with van der Waals surface area (Å²) < 4.78 is 31.9. The van der Waals surface area contributed by atoms with E-state index in [-0.39, 0.29) is 23.3 Å². The molecule has 0 radical (unpaired) electrons. The molecule has 0 spiro atoms. The largest absolute Gasteiger partial charge is 0.438 e. The summed E-state index contributed by atoms with van der Waals surface area (Å²) in [5.74, 6) is -0.724. The predicted octanol–water partition coefficient (Wildman–Crippen LogP) is 2.08. The highest BCUT2D eigenvalue weighted by molar-refractivity contribution is 7.89. The van der Waals surface area contributed by atoms with Crippen LogP contribution in [-0.2, 0) is 10.0 Å². The molecule has 132 valence electrons. The van der Waals surface area contributed by atoms with Gasteiger partial charge in [0.05, 0.1) is 12.0 Å². The standard InChI is InChI=1S/C16H23N3O4S/c1-3-18(12-13(2)11-17)16(20)14-7-8-15(23-14)24(21,22)19-9-5-4-6-10-19/h7-8,13H,3-6,9-10,12H2,1-2H3. The minimum Gasteiger partial charge on any atom is -0.438 e. The van der Waals surface area contributed by atoms with Gasteiger partial charge >= 0.3 is 0 Å². The molecule has 1 amide bonds. The quantitative estimate of drug-likeness (QED) is 0.780. The van der Waals surface area contributed by atoms with Crippen molar-refractivity contribution in [3.05, 3.63) is 17.9 Å². The van der Waals surface area contributed by atoms with Gasteiger partial charge in [0.1, 0.15) is 0 Å². The molecule has 0 N–H and O–H groups in total. The highest BCUT2D eigenvalue weighted by Gasteiger charge is 2.30. The van der Waals surface area contributed by atoms with Gasteiger partial charge in [0.2, 0.25) is 5.09 Å². The highest BCUT2D eigenvalue weighted by Crippen LogP contribution is 2.23. The maximum atomic E-state index is 12.6. The number of carbonyl (C=O) groups is 1. The van der Waals surface area contributed by atoms with Gasteiger partial charge in [-0.05, 0) is 38.8 Å². The first-order valence-corrected chi connectivity index (χ1v) is 9.63. The lowest BCUT2D eigenvalue weighted by Gasteiger charge is -2.24. The molecule has 2 rings (SSSR count). The van der Waals surface area contributed by atoms with Crippen molar-refractivity contribution in [3.63, 3.8) is 0 Å².